The third-order valence-corrected chi connectivity index (χ3v) is 3.89. The van der Waals surface area contributed by atoms with Gasteiger partial charge in [-0.15, -0.1) is 0 Å². The normalized spacial score (nSPS) is 10.5. The Kier molecular flexibility index (Phi) is 5.29. The highest BCUT2D eigenvalue weighted by atomic mass is 16.5. The molecule has 0 aliphatic heterocycles. The molecule has 0 heterocycles. The molecule has 0 bridgehead atoms. The topological polar surface area (TPSA) is 69.9 Å². The summed E-state index contributed by atoms with van der Waals surface area (Å²) in [6, 6.07) is 10.7. The van der Waals surface area contributed by atoms with Gasteiger partial charge in [0.2, 0.25) is 0 Å². The molecule has 0 saturated carbocycles. The highest BCUT2D eigenvalue weighted by Gasteiger charge is 2.23. The predicted molar refractivity (Wildman–Crippen MR) is 90.8 cm³/mol. The molecule has 2 aromatic carbocycles. The highest BCUT2D eigenvalue weighted by molar-refractivity contribution is 6.79. The Morgan fingerprint density at radius 1 is 1.05 bits per heavy atom. The number of ether oxygens (including phenoxy) is 1. The summed E-state index contributed by atoms with van der Waals surface area (Å²) in [6.45, 7) is 2.10. The molecule has 114 valence electrons. The number of aryl methyl sites for hydroxylation is 1. The maximum atomic E-state index is 10.6. The van der Waals surface area contributed by atoms with Crippen LogP contribution in [0.2, 0.25) is 6.82 Å². The van der Waals surface area contributed by atoms with Crippen LogP contribution in [0.1, 0.15) is 11.1 Å². The number of benzene rings is 2. The second kappa shape index (κ2) is 7.01. The van der Waals surface area contributed by atoms with Gasteiger partial charge in [-0.1, -0.05) is 37.2 Å². The van der Waals surface area contributed by atoms with Crippen molar-refractivity contribution in [2.75, 3.05) is 7.11 Å². The Morgan fingerprint density at radius 3 is 2.14 bits per heavy atom. The van der Waals surface area contributed by atoms with Crippen LogP contribution in [-0.4, -0.2) is 36.1 Å². The second-order valence-corrected chi connectivity index (χ2v) is 5.42. The van der Waals surface area contributed by atoms with Crippen molar-refractivity contribution in [3.63, 3.8) is 0 Å². The predicted octanol–water partition coefficient (Wildman–Crippen LogP) is -0.585. The number of hydrogen-bond acceptors (Lipinski definition) is 4. The third-order valence-electron chi connectivity index (χ3n) is 3.89. The van der Waals surface area contributed by atoms with Gasteiger partial charge in [-0.05, 0) is 40.5 Å². The Labute approximate surface area is 131 Å². The van der Waals surface area contributed by atoms with Crippen molar-refractivity contribution in [2.24, 2.45) is 0 Å². The van der Waals surface area contributed by atoms with Crippen LogP contribution in [0, 0.1) is 6.92 Å². The average Bonchev–Trinajstić information content (AvgIpc) is 2.53. The Bertz CT molecular complexity index is 641. The van der Waals surface area contributed by atoms with E-state index in [-0.39, 0.29) is 6.61 Å². The van der Waals surface area contributed by atoms with E-state index in [0.717, 1.165) is 16.6 Å². The van der Waals surface area contributed by atoms with Crippen LogP contribution in [0.25, 0.3) is 0 Å². The standard InChI is InChI=1S/C16H20B2O4/c1-11-8-16(22-3)15(9-12(11)10-19)18(21)14-6-4-13(5-7-14)17(2)20/h4-9,19-21H,10H2,1-3H3. The van der Waals surface area contributed by atoms with Gasteiger partial charge in [0.25, 0.3) is 0 Å². The third kappa shape index (κ3) is 3.35. The molecule has 0 atom stereocenters. The zero-order chi connectivity index (χ0) is 16.3. The van der Waals surface area contributed by atoms with Gasteiger partial charge in [-0.2, -0.15) is 0 Å². The van der Waals surface area contributed by atoms with Gasteiger partial charge in [0, 0.05) is 0 Å². The molecule has 0 radical (unpaired) electrons. The lowest BCUT2D eigenvalue weighted by Crippen LogP contribution is -2.44. The first-order valence-electron chi connectivity index (χ1n) is 7.22. The van der Waals surface area contributed by atoms with Gasteiger partial charge in [-0.3, -0.25) is 0 Å². The number of hydrogen-bond donors (Lipinski definition) is 3. The largest absolute Gasteiger partial charge is 0.497 e. The summed E-state index contributed by atoms with van der Waals surface area (Å²) in [4.78, 5) is 0. The van der Waals surface area contributed by atoms with Crippen molar-refractivity contribution in [3.05, 3.63) is 47.5 Å². The van der Waals surface area contributed by atoms with Crippen LogP contribution in [0.15, 0.2) is 36.4 Å². The summed E-state index contributed by atoms with van der Waals surface area (Å²) >= 11 is 0. The highest BCUT2D eigenvalue weighted by Crippen LogP contribution is 2.15. The molecule has 0 unspecified atom stereocenters. The minimum absolute atomic E-state index is 0.0868. The molecule has 0 amide bonds. The lowest BCUT2D eigenvalue weighted by atomic mass is 9.54. The number of methoxy groups -OCH3 is 1. The van der Waals surface area contributed by atoms with E-state index in [4.69, 9.17) is 4.74 Å². The van der Waals surface area contributed by atoms with E-state index in [2.05, 4.69) is 0 Å². The molecule has 0 aromatic heterocycles. The lowest BCUT2D eigenvalue weighted by Gasteiger charge is -2.15. The quantitative estimate of drug-likeness (QED) is 0.646. The van der Waals surface area contributed by atoms with Crippen molar-refractivity contribution in [2.45, 2.75) is 20.4 Å². The zero-order valence-electron chi connectivity index (χ0n) is 13.1. The van der Waals surface area contributed by atoms with E-state index in [0.29, 0.717) is 16.7 Å². The SMILES string of the molecule is COc1cc(C)c(CO)cc1B(O)c1ccc(B(C)O)cc1. The molecule has 0 aliphatic rings. The smallest absolute Gasteiger partial charge is 0.362 e. The Morgan fingerprint density at radius 2 is 1.64 bits per heavy atom. The van der Waals surface area contributed by atoms with Crippen LogP contribution in [0.4, 0.5) is 0 Å². The molecule has 3 N–H and O–H groups in total. The molecule has 0 spiro atoms. The minimum atomic E-state index is -0.858. The van der Waals surface area contributed by atoms with Crippen molar-refractivity contribution in [3.8, 4) is 5.75 Å². The van der Waals surface area contributed by atoms with Crippen LogP contribution in [0.5, 0.6) is 5.75 Å². The van der Waals surface area contributed by atoms with Crippen LogP contribution >= 0.6 is 0 Å². The molecule has 2 rings (SSSR count). The molecule has 2 aromatic rings. The van der Waals surface area contributed by atoms with Gasteiger partial charge < -0.3 is 19.9 Å². The molecule has 0 saturated heterocycles. The fourth-order valence-corrected chi connectivity index (χ4v) is 2.44. The summed E-state index contributed by atoms with van der Waals surface area (Å²) in [7, 11) is 1.56. The lowest BCUT2D eigenvalue weighted by molar-refractivity contribution is 0.281. The summed E-state index contributed by atoms with van der Waals surface area (Å²) in [5.74, 6) is 0.585. The number of rotatable bonds is 5. The first-order chi connectivity index (χ1) is 10.5. The van der Waals surface area contributed by atoms with Gasteiger partial charge in [0.15, 0.2) is 0 Å². The van der Waals surface area contributed by atoms with Crippen LogP contribution in [-0.2, 0) is 6.61 Å². The Hall–Kier alpha value is -1.75. The molecule has 22 heavy (non-hydrogen) atoms. The fraction of sp³-hybridized carbons (Fsp3) is 0.250. The van der Waals surface area contributed by atoms with Crippen molar-refractivity contribution in [1.29, 1.82) is 0 Å². The molecule has 6 heteroatoms. The number of aliphatic hydroxyl groups excluding tert-OH is 1. The van der Waals surface area contributed by atoms with Crippen LogP contribution in [0.3, 0.4) is 0 Å². The summed E-state index contributed by atoms with van der Waals surface area (Å²) in [5.41, 5.74) is 3.79. The van der Waals surface area contributed by atoms with E-state index >= 15 is 0 Å². The fourth-order valence-electron chi connectivity index (χ4n) is 2.44. The van der Waals surface area contributed by atoms with Crippen molar-refractivity contribution < 1.29 is 19.9 Å². The van der Waals surface area contributed by atoms with Gasteiger partial charge >= 0.3 is 13.8 Å². The molecule has 0 fully saturated rings. The molecular weight excluding hydrogens is 278 g/mol. The van der Waals surface area contributed by atoms with Crippen molar-refractivity contribution in [1.82, 2.24) is 0 Å². The molecular formula is C16H20B2O4. The maximum Gasteiger partial charge on any atom is 0.362 e. The van der Waals surface area contributed by atoms with Crippen LogP contribution < -0.4 is 21.1 Å². The van der Waals surface area contributed by atoms with Gasteiger partial charge in [0.05, 0.1) is 13.7 Å². The Balaban J connectivity index is 2.41. The zero-order valence-corrected chi connectivity index (χ0v) is 13.1. The summed E-state index contributed by atoms with van der Waals surface area (Å²) in [6.07, 6.45) is 0. The molecule has 0 aliphatic carbocycles. The second-order valence-electron chi connectivity index (χ2n) is 5.42. The molecule has 4 nitrogen and oxygen atoms in total. The monoisotopic (exact) mass is 298 g/mol. The van der Waals surface area contributed by atoms with Gasteiger partial charge in [0.1, 0.15) is 5.75 Å². The van der Waals surface area contributed by atoms with E-state index in [9.17, 15) is 15.2 Å². The summed E-state index contributed by atoms with van der Waals surface area (Å²) < 4.78 is 5.35. The van der Waals surface area contributed by atoms with E-state index in [1.165, 1.54) is 0 Å². The van der Waals surface area contributed by atoms with E-state index in [1.807, 2.05) is 13.0 Å². The van der Waals surface area contributed by atoms with Crippen molar-refractivity contribution >= 4 is 30.2 Å². The maximum absolute atomic E-state index is 10.6. The first-order valence-corrected chi connectivity index (χ1v) is 7.22. The summed E-state index contributed by atoms with van der Waals surface area (Å²) in [5, 5.41) is 29.6. The van der Waals surface area contributed by atoms with E-state index < -0.39 is 13.8 Å². The number of aliphatic hydroxyl groups is 1. The van der Waals surface area contributed by atoms with E-state index in [1.54, 1.807) is 44.3 Å². The minimum Gasteiger partial charge on any atom is -0.497 e. The average molecular weight is 298 g/mol. The first kappa shape index (κ1) is 16.6. The van der Waals surface area contributed by atoms with Gasteiger partial charge in [-0.25, -0.2) is 0 Å².